The number of hydrogen-bond acceptors (Lipinski definition) is 2. The van der Waals surface area contributed by atoms with Crippen LogP contribution in [0.5, 0.6) is 0 Å². The molecule has 0 heterocycles. The molecule has 1 atom stereocenters. The maximum atomic E-state index is 6.34. The standard InChI is InChI=1S/C17H24Cl2N2/c18-15-3-1-2-14(17(15)19)16(20)8-9-21(10-12-4-5-12)11-13-6-7-13/h1-3,12-13,16H,4-11,20H2. The average Bonchev–Trinajstić information content (AvgIpc) is 3.35. The normalized spacial score (nSPS) is 20.0. The van der Waals surface area contributed by atoms with Gasteiger partial charge in [-0.1, -0.05) is 35.3 Å². The van der Waals surface area contributed by atoms with E-state index < -0.39 is 0 Å². The van der Waals surface area contributed by atoms with Gasteiger partial charge in [-0.25, -0.2) is 0 Å². The lowest BCUT2D eigenvalue weighted by Crippen LogP contribution is -2.31. The van der Waals surface area contributed by atoms with Crippen molar-refractivity contribution in [3.05, 3.63) is 33.8 Å². The molecule has 3 rings (SSSR count). The van der Waals surface area contributed by atoms with Crippen LogP contribution in [0.1, 0.15) is 43.7 Å². The largest absolute Gasteiger partial charge is 0.324 e. The molecule has 2 aliphatic carbocycles. The fourth-order valence-corrected chi connectivity index (χ4v) is 3.32. The van der Waals surface area contributed by atoms with Crippen molar-refractivity contribution in [3.63, 3.8) is 0 Å². The molecule has 0 amide bonds. The molecule has 2 saturated carbocycles. The molecule has 0 bridgehead atoms. The van der Waals surface area contributed by atoms with Gasteiger partial charge in [-0.3, -0.25) is 0 Å². The third-order valence-electron chi connectivity index (χ3n) is 4.56. The van der Waals surface area contributed by atoms with E-state index in [1.54, 1.807) is 0 Å². The van der Waals surface area contributed by atoms with E-state index in [2.05, 4.69) is 4.90 Å². The molecule has 0 radical (unpaired) electrons. The van der Waals surface area contributed by atoms with Crippen molar-refractivity contribution in [2.24, 2.45) is 17.6 Å². The smallest absolute Gasteiger partial charge is 0.0640 e. The van der Waals surface area contributed by atoms with Crippen LogP contribution in [-0.2, 0) is 0 Å². The van der Waals surface area contributed by atoms with Crippen LogP contribution >= 0.6 is 23.2 Å². The maximum Gasteiger partial charge on any atom is 0.0640 e. The third kappa shape index (κ3) is 4.59. The highest BCUT2D eigenvalue weighted by atomic mass is 35.5. The van der Waals surface area contributed by atoms with Crippen molar-refractivity contribution in [2.75, 3.05) is 19.6 Å². The van der Waals surface area contributed by atoms with Gasteiger partial charge in [-0.15, -0.1) is 0 Å². The molecule has 2 nitrogen and oxygen atoms in total. The van der Waals surface area contributed by atoms with Crippen LogP contribution < -0.4 is 5.73 Å². The molecule has 2 N–H and O–H groups in total. The van der Waals surface area contributed by atoms with Gasteiger partial charge in [0.05, 0.1) is 10.0 Å². The van der Waals surface area contributed by atoms with E-state index in [1.165, 1.54) is 38.8 Å². The van der Waals surface area contributed by atoms with E-state index >= 15 is 0 Å². The zero-order valence-electron chi connectivity index (χ0n) is 12.4. The average molecular weight is 327 g/mol. The van der Waals surface area contributed by atoms with E-state index in [0.29, 0.717) is 10.0 Å². The minimum atomic E-state index is -0.0305. The summed E-state index contributed by atoms with van der Waals surface area (Å²) in [5.41, 5.74) is 7.31. The van der Waals surface area contributed by atoms with Crippen molar-refractivity contribution in [1.29, 1.82) is 0 Å². The summed E-state index contributed by atoms with van der Waals surface area (Å²) in [6.45, 7) is 3.58. The topological polar surface area (TPSA) is 29.3 Å². The first-order valence-corrected chi connectivity index (χ1v) is 8.81. The quantitative estimate of drug-likeness (QED) is 0.761. The number of nitrogens with two attached hydrogens (primary N) is 1. The predicted molar refractivity (Wildman–Crippen MR) is 89.9 cm³/mol. The van der Waals surface area contributed by atoms with E-state index in [0.717, 1.165) is 30.4 Å². The summed E-state index contributed by atoms with van der Waals surface area (Å²) in [6.07, 6.45) is 6.58. The second-order valence-corrected chi connectivity index (χ2v) is 7.47. The lowest BCUT2D eigenvalue weighted by molar-refractivity contribution is 0.243. The van der Waals surface area contributed by atoms with Crippen molar-refractivity contribution in [3.8, 4) is 0 Å². The Bertz CT molecular complexity index is 470. The fourth-order valence-electron chi connectivity index (χ4n) is 2.87. The summed E-state index contributed by atoms with van der Waals surface area (Å²) in [5, 5.41) is 1.21. The summed E-state index contributed by atoms with van der Waals surface area (Å²) in [5.74, 6) is 1.88. The SMILES string of the molecule is NC(CCN(CC1CC1)CC1CC1)c1cccc(Cl)c1Cl. The number of nitrogens with zero attached hydrogens (tertiary/aromatic N) is 1. The summed E-state index contributed by atoms with van der Waals surface area (Å²) < 4.78 is 0. The molecule has 4 heteroatoms. The van der Waals surface area contributed by atoms with Gasteiger partial charge in [0.1, 0.15) is 0 Å². The van der Waals surface area contributed by atoms with Crippen molar-refractivity contribution in [2.45, 2.75) is 38.1 Å². The van der Waals surface area contributed by atoms with Gasteiger partial charge in [0, 0.05) is 19.1 Å². The molecule has 1 aromatic carbocycles. The van der Waals surface area contributed by atoms with Gasteiger partial charge < -0.3 is 10.6 Å². The molecule has 1 aromatic rings. The molecule has 2 aliphatic rings. The predicted octanol–water partition coefficient (Wildman–Crippen LogP) is 4.51. The molecule has 0 aromatic heterocycles. The molecule has 0 spiro atoms. The number of halogens is 2. The van der Waals surface area contributed by atoms with Gasteiger partial charge in [0.15, 0.2) is 0 Å². The van der Waals surface area contributed by atoms with Crippen LogP contribution in [0.4, 0.5) is 0 Å². The summed E-state index contributed by atoms with van der Waals surface area (Å²) in [4.78, 5) is 2.62. The van der Waals surface area contributed by atoms with Crippen molar-refractivity contribution in [1.82, 2.24) is 4.90 Å². The van der Waals surface area contributed by atoms with E-state index in [1.807, 2.05) is 18.2 Å². The Hall–Kier alpha value is -0.280. The van der Waals surface area contributed by atoms with Gasteiger partial charge in [0.2, 0.25) is 0 Å². The minimum absolute atomic E-state index is 0.0305. The first-order chi connectivity index (χ1) is 10.1. The number of rotatable bonds is 8. The van der Waals surface area contributed by atoms with E-state index in [9.17, 15) is 0 Å². The molecule has 21 heavy (non-hydrogen) atoms. The molecule has 1 unspecified atom stereocenters. The molecular weight excluding hydrogens is 303 g/mol. The Balaban J connectivity index is 1.54. The highest BCUT2D eigenvalue weighted by Crippen LogP contribution is 2.34. The second kappa shape index (κ2) is 6.87. The Labute approximate surface area is 137 Å². The Morgan fingerprint density at radius 2 is 1.71 bits per heavy atom. The number of benzene rings is 1. The summed E-state index contributed by atoms with van der Waals surface area (Å²) in [6, 6.07) is 5.70. The monoisotopic (exact) mass is 326 g/mol. The molecular formula is C17H24Cl2N2. The lowest BCUT2D eigenvalue weighted by atomic mass is 10.0. The van der Waals surface area contributed by atoms with Crippen LogP contribution in [0.25, 0.3) is 0 Å². The minimum Gasteiger partial charge on any atom is -0.324 e. The molecule has 0 saturated heterocycles. The van der Waals surface area contributed by atoms with Crippen LogP contribution in [0.15, 0.2) is 18.2 Å². The highest BCUT2D eigenvalue weighted by molar-refractivity contribution is 6.42. The summed E-state index contributed by atoms with van der Waals surface area (Å²) >= 11 is 12.3. The summed E-state index contributed by atoms with van der Waals surface area (Å²) in [7, 11) is 0. The fraction of sp³-hybridized carbons (Fsp3) is 0.647. The van der Waals surface area contributed by atoms with Crippen molar-refractivity contribution < 1.29 is 0 Å². The molecule has 2 fully saturated rings. The van der Waals surface area contributed by atoms with Gasteiger partial charge in [0.25, 0.3) is 0 Å². The third-order valence-corrected chi connectivity index (χ3v) is 5.40. The Kier molecular flexibility index (Phi) is 5.11. The zero-order chi connectivity index (χ0) is 14.8. The first-order valence-electron chi connectivity index (χ1n) is 8.05. The zero-order valence-corrected chi connectivity index (χ0v) is 13.9. The highest BCUT2D eigenvalue weighted by Gasteiger charge is 2.29. The number of hydrogen-bond donors (Lipinski definition) is 1. The molecule has 116 valence electrons. The van der Waals surface area contributed by atoms with Crippen LogP contribution in [0, 0.1) is 11.8 Å². The van der Waals surface area contributed by atoms with Crippen molar-refractivity contribution >= 4 is 23.2 Å². The lowest BCUT2D eigenvalue weighted by Gasteiger charge is -2.24. The van der Waals surface area contributed by atoms with Crippen LogP contribution in [0.2, 0.25) is 10.0 Å². The van der Waals surface area contributed by atoms with E-state index in [-0.39, 0.29) is 6.04 Å². The Morgan fingerprint density at radius 1 is 1.10 bits per heavy atom. The Morgan fingerprint density at radius 3 is 2.29 bits per heavy atom. The van der Waals surface area contributed by atoms with Crippen LogP contribution in [-0.4, -0.2) is 24.5 Å². The second-order valence-electron chi connectivity index (χ2n) is 6.68. The van der Waals surface area contributed by atoms with Crippen LogP contribution in [0.3, 0.4) is 0 Å². The van der Waals surface area contributed by atoms with E-state index in [4.69, 9.17) is 28.9 Å². The van der Waals surface area contributed by atoms with Gasteiger partial charge in [-0.2, -0.15) is 0 Å². The van der Waals surface area contributed by atoms with Gasteiger partial charge in [-0.05, 0) is 62.1 Å². The first kappa shape index (κ1) is 15.6. The van der Waals surface area contributed by atoms with Gasteiger partial charge >= 0.3 is 0 Å². The molecule has 0 aliphatic heterocycles. The maximum absolute atomic E-state index is 6.34.